The number of hydrogen-bond acceptors (Lipinski definition) is 1. The summed E-state index contributed by atoms with van der Waals surface area (Å²) in [6, 6.07) is 0. The van der Waals surface area contributed by atoms with E-state index in [1.165, 1.54) is 82.0 Å². The molecule has 1 aromatic carbocycles. The summed E-state index contributed by atoms with van der Waals surface area (Å²) in [4.78, 5) is 10.1. The van der Waals surface area contributed by atoms with E-state index in [9.17, 15) is 26.7 Å². The molecule has 3 nitrogen and oxygen atoms in total. The highest BCUT2D eigenvalue weighted by molar-refractivity contribution is 5.88. The highest BCUT2D eigenvalue weighted by atomic mass is 19.2. The first-order valence-electron chi connectivity index (χ1n) is 11.2. The summed E-state index contributed by atoms with van der Waals surface area (Å²) in [5, 5.41) is 8.15. The first-order valence-corrected chi connectivity index (χ1v) is 11.2. The maximum Gasteiger partial charge on any atom is 0.341 e. The molecule has 0 atom stereocenters. The summed E-state index contributed by atoms with van der Waals surface area (Å²) in [6.45, 7) is 15.0. The number of carbonyl (C=O) groups is 1. The van der Waals surface area contributed by atoms with Gasteiger partial charge in [-0.3, -0.25) is 0 Å². The molecule has 0 fully saturated rings. The van der Waals surface area contributed by atoms with E-state index in [4.69, 9.17) is 5.11 Å². The molecule has 0 saturated heterocycles. The van der Waals surface area contributed by atoms with Crippen LogP contribution < -0.4 is 0 Å². The lowest BCUT2D eigenvalue weighted by molar-refractivity contribution is -0.929. The van der Waals surface area contributed by atoms with Gasteiger partial charge in [0.25, 0.3) is 0 Å². The molecule has 0 aliphatic rings. The summed E-state index contributed by atoms with van der Waals surface area (Å²) in [7, 11) is 0. The minimum atomic E-state index is -2.38. The van der Waals surface area contributed by atoms with Gasteiger partial charge in [0.2, 0.25) is 5.82 Å². The third-order valence-corrected chi connectivity index (χ3v) is 5.37. The van der Waals surface area contributed by atoms with Crippen molar-refractivity contribution in [3.63, 3.8) is 0 Å². The van der Waals surface area contributed by atoms with Gasteiger partial charge in [-0.15, -0.1) is 0 Å². The first kappa shape index (κ1) is 29.3. The molecular formula is C23H37F5NO2+. The Labute approximate surface area is 182 Å². The Morgan fingerprint density at radius 1 is 0.613 bits per heavy atom. The molecule has 180 valence electrons. The summed E-state index contributed by atoms with van der Waals surface area (Å²) < 4.78 is 63.5. The SMILES string of the molecule is CCCC[N+](CCCC)(CCCC)CCCC.O=C(O)c1c(F)c(F)c(F)c(F)c1F. The Hall–Kier alpha value is -1.70. The van der Waals surface area contributed by atoms with Gasteiger partial charge in [0.1, 0.15) is 5.56 Å². The van der Waals surface area contributed by atoms with Crippen LogP contribution in [0.25, 0.3) is 0 Å². The lowest BCUT2D eigenvalue weighted by atomic mass is 10.1. The van der Waals surface area contributed by atoms with Gasteiger partial charge in [-0.05, 0) is 25.7 Å². The molecule has 1 rings (SSSR count). The van der Waals surface area contributed by atoms with Crippen LogP contribution in [0.15, 0.2) is 0 Å². The lowest BCUT2D eigenvalue weighted by Crippen LogP contribution is -2.50. The molecule has 0 unspecified atom stereocenters. The molecule has 0 aromatic heterocycles. The second-order valence-corrected chi connectivity index (χ2v) is 7.90. The van der Waals surface area contributed by atoms with Crippen molar-refractivity contribution in [1.29, 1.82) is 0 Å². The van der Waals surface area contributed by atoms with Gasteiger partial charge in [-0.2, -0.15) is 0 Å². The maximum absolute atomic E-state index is 12.6. The molecule has 0 aliphatic carbocycles. The van der Waals surface area contributed by atoms with Crippen LogP contribution in [0.5, 0.6) is 0 Å². The third kappa shape index (κ3) is 9.13. The fraction of sp³-hybridized carbons (Fsp3) is 0.696. The molecule has 0 aliphatic heterocycles. The molecule has 8 heteroatoms. The molecule has 0 heterocycles. The van der Waals surface area contributed by atoms with Crippen molar-refractivity contribution in [2.24, 2.45) is 0 Å². The predicted octanol–water partition coefficient (Wildman–Crippen LogP) is 7.08. The van der Waals surface area contributed by atoms with Crippen LogP contribution in [0, 0.1) is 29.1 Å². The predicted molar refractivity (Wildman–Crippen MR) is 113 cm³/mol. The summed E-state index contributed by atoms with van der Waals surface area (Å²) in [5.41, 5.74) is -1.86. The van der Waals surface area contributed by atoms with E-state index < -0.39 is 40.6 Å². The number of carboxylic acids is 1. The summed E-state index contributed by atoms with van der Waals surface area (Å²) >= 11 is 0. The average Bonchev–Trinajstić information content (AvgIpc) is 2.75. The summed E-state index contributed by atoms with van der Waals surface area (Å²) in [6.07, 6.45) is 11.1. The first-order chi connectivity index (χ1) is 14.6. The van der Waals surface area contributed by atoms with Crippen LogP contribution in [0.3, 0.4) is 0 Å². The van der Waals surface area contributed by atoms with Gasteiger partial charge in [0, 0.05) is 0 Å². The third-order valence-electron chi connectivity index (χ3n) is 5.37. The second kappa shape index (κ2) is 15.2. The zero-order chi connectivity index (χ0) is 24.0. The monoisotopic (exact) mass is 454 g/mol. The maximum atomic E-state index is 12.6. The van der Waals surface area contributed by atoms with Crippen molar-refractivity contribution in [1.82, 2.24) is 0 Å². The smallest absolute Gasteiger partial charge is 0.341 e. The largest absolute Gasteiger partial charge is 0.477 e. The van der Waals surface area contributed by atoms with Crippen molar-refractivity contribution >= 4 is 5.97 Å². The van der Waals surface area contributed by atoms with Crippen molar-refractivity contribution in [2.75, 3.05) is 26.2 Å². The highest BCUT2D eigenvalue weighted by Gasteiger charge is 2.29. The number of rotatable bonds is 13. The number of nitrogens with zero attached hydrogens (tertiary/aromatic N) is 1. The van der Waals surface area contributed by atoms with Crippen LogP contribution in [0.4, 0.5) is 22.0 Å². The van der Waals surface area contributed by atoms with Crippen molar-refractivity contribution < 1.29 is 36.3 Å². The van der Waals surface area contributed by atoms with Crippen molar-refractivity contribution in [3.8, 4) is 0 Å². The molecule has 1 N–H and O–H groups in total. The van der Waals surface area contributed by atoms with Crippen molar-refractivity contribution in [2.45, 2.75) is 79.1 Å². The Balaban J connectivity index is 0.000000590. The van der Waals surface area contributed by atoms with Gasteiger partial charge in [-0.1, -0.05) is 53.4 Å². The number of halogens is 5. The fourth-order valence-electron chi connectivity index (χ4n) is 3.44. The molecule has 1 aromatic rings. The molecule has 31 heavy (non-hydrogen) atoms. The van der Waals surface area contributed by atoms with Crippen LogP contribution in [0.2, 0.25) is 0 Å². The Morgan fingerprint density at radius 3 is 1.10 bits per heavy atom. The van der Waals surface area contributed by atoms with E-state index in [2.05, 4.69) is 27.7 Å². The van der Waals surface area contributed by atoms with Crippen molar-refractivity contribution in [3.05, 3.63) is 34.6 Å². The van der Waals surface area contributed by atoms with E-state index in [0.29, 0.717) is 0 Å². The van der Waals surface area contributed by atoms with Gasteiger partial charge in [0.15, 0.2) is 23.3 Å². The number of benzene rings is 1. The number of unbranched alkanes of at least 4 members (excludes halogenated alkanes) is 4. The fourth-order valence-corrected chi connectivity index (χ4v) is 3.44. The van der Waals surface area contributed by atoms with Gasteiger partial charge in [0.05, 0.1) is 26.2 Å². The minimum Gasteiger partial charge on any atom is -0.477 e. The zero-order valence-corrected chi connectivity index (χ0v) is 19.2. The van der Waals surface area contributed by atoms with E-state index in [1.807, 2.05) is 0 Å². The zero-order valence-electron chi connectivity index (χ0n) is 19.2. The highest BCUT2D eigenvalue weighted by Crippen LogP contribution is 2.22. The Kier molecular flexibility index (Phi) is 14.3. The number of aromatic carboxylic acids is 1. The lowest BCUT2D eigenvalue weighted by Gasteiger charge is -2.39. The topological polar surface area (TPSA) is 37.3 Å². The number of hydrogen-bond donors (Lipinski definition) is 1. The average molecular weight is 455 g/mol. The molecule has 0 amide bonds. The molecular weight excluding hydrogens is 417 g/mol. The Morgan fingerprint density at radius 2 is 0.871 bits per heavy atom. The normalized spacial score (nSPS) is 11.3. The van der Waals surface area contributed by atoms with Crippen LogP contribution >= 0.6 is 0 Å². The van der Waals surface area contributed by atoms with Crippen LogP contribution in [0.1, 0.15) is 89.4 Å². The van der Waals surface area contributed by atoms with Gasteiger partial charge >= 0.3 is 5.97 Å². The standard InChI is InChI=1S/C16H36N.C7HF5O2/c1-5-9-13-17(14-10-6-2,15-11-7-3)16-12-8-4;8-2-1(7(13)14)3(9)5(11)6(12)4(2)10/h5-16H2,1-4H3;(H,13,14)/q+1;. The van der Waals surface area contributed by atoms with Crippen LogP contribution in [-0.4, -0.2) is 41.7 Å². The molecule has 0 spiro atoms. The molecule has 0 radical (unpaired) electrons. The van der Waals surface area contributed by atoms with Gasteiger partial charge in [-0.25, -0.2) is 26.7 Å². The quantitative estimate of drug-likeness (QED) is 0.150. The summed E-state index contributed by atoms with van der Waals surface area (Å²) in [5.74, 6) is -13.9. The van der Waals surface area contributed by atoms with E-state index >= 15 is 0 Å². The molecule has 0 bridgehead atoms. The van der Waals surface area contributed by atoms with E-state index in [0.717, 1.165) is 0 Å². The Bertz CT molecular complexity index is 616. The van der Waals surface area contributed by atoms with Gasteiger partial charge < -0.3 is 9.59 Å². The molecule has 0 saturated carbocycles. The van der Waals surface area contributed by atoms with Crippen LogP contribution in [-0.2, 0) is 0 Å². The van der Waals surface area contributed by atoms with E-state index in [-0.39, 0.29) is 0 Å². The van der Waals surface area contributed by atoms with E-state index in [1.54, 1.807) is 0 Å². The second-order valence-electron chi connectivity index (χ2n) is 7.90. The number of quaternary nitrogens is 1. The minimum absolute atomic E-state index is 1.35. The number of carboxylic acid groups (broad SMARTS) is 1.